The molecule has 1 heterocycles. The number of fused-ring (bicyclic) bond motifs is 1. The molecule has 0 fully saturated rings. The van der Waals surface area contributed by atoms with E-state index in [1.807, 2.05) is 6.07 Å². The maximum atomic E-state index is 12.4. The van der Waals surface area contributed by atoms with Crippen molar-refractivity contribution in [3.63, 3.8) is 0 Å². The van der Waals surface area contributed by atoms with E-state index in [9.17, 15) is 9.59 Å². The summed E-state index contributed by atoms with van der Waals surface area (Å²) in [4.78, 5) is 24.6. The smallest absolute Gasteiger partial charge is 0.313 e. The SMILES string of the molecule is COC(=O)[C@H](CC(=O)c1ccccc1)c1ccc2c(c1)OCO2. The lowest BCUT2D eigenvalue weighted by molar-refractivity contribution is -0.142. The van der Waals surface area contributed by atoms with E-state index in [0.29, 0.717) is 22.6 Å². The van der Waals surface area contributed by atoms with Gasteiger partial charge in [-0.2, -0.15) is 0 Å². The van der Waals surface area contributed by atoms with Crippen molar-refractivity contribution in [3.8, 4) is 11.5 Å². The molecule has 5 heteroatoms. The van der Waals surface area contributed by atoms with Crippen LogP contribution in [0.15, 0.2) is 48.5 Å². The average Bonchev–Trinajstić information content (AvgIpc) is 3.07. The van der Waals surface area contributed by atoms with Crippen LogP contribution in [0.3, 0.4) is 0 Å². The first-order chi connectivity index (χ1) is 11.2. The molecule has 2 aromatic carbocycles. The summed E-state index contributed by atoms with van der Waals surface area (Å²) in [5, 5.41) is 0. The molecule has 0 spiro atoms. The lowest BCUT2D eigenvalue weighted by atomic mass is 9.91. The quantitative estimate of drug-likeness (QED) is 0.627. The second-order valence-corrected chi connectivity index (χ2v) is 5.18. The Hall–Kier alpha value is -2.82. The molecule has 0 aliphatic carbocycles. The van der Waals surface area contributed by atoms with E-state index in [1.165, 1.54) is 7.11 Å². The average molecular weight is 312 g/mol. The van der Waals surface area contributed by atoms with E-state index in [2.05, 4.69) is 0 Å². The van der Waals surface area contributed by atoms with Gasteiger partial charge in [-0.15, -0.1) is 0 Å². The zero-order valence-electron chi connectivity index (χ0n) is 12.7. The summed E-state index contributed by atoms with van der Waals surface area (Å²) in [6.45, 7) is 0.157. The van der Waals surface area contributed by atoms with Gasteiger partial charge in [-0.05, 0) is 17.7 Å². The normalized spacial score (nSPS) is 13.4. The molecule has 0 amide bonds. The molecule has 2 aromatic rings. The van der Waals surface area contributed by atoms with Crippen molar-refractivity contribution < 1.29 is 23.8 Å². The fourth-order valence-electron chi connectivity index (χ4n) is 2.54. The third-order valence-corrected chi connectivity index (χ3v) is 3.77. The highest BCUT2D eigenvalue weighted by Crippen LogP contribution is 2.36. The maximum absolute atomic E-state index is 12.4. The summed E-state index contributed by atoms with van der Waals surface area (Å²) >= 11 is 0. The van der Waals surface area contributed by atoms with Gasteiger partial charge >= 0.3 is 5.97 Å². The zero-order chi connectivity index (χ0) is 16.2. The number of carbonyl (C=O) groups is 2. The van der Waals surface area contributed by atoms with Gasteiger partial charge in [0.2, 0.25) is 6.79 Å². The van der Waals surface area contributed by atoms with Crippen LogP contribution in [-0.4, -0.2) is 25.7 Å². The van der Waals surface area contributed by atoms with E-state index in [-0.39, 0.29) is 19.0 Å². The molecule has 1 atom stereocenters. The van der Waals surface area contributed by atoms with Gasteiger partial charge in [0.05, 0.1) is 13.0 Å². The number of carbonyl (C=O) groups excluding carboxylic acids is 2. The Balaban J connectivity index is 1.86. The van der Waals surface area contributed by atoms with Crippen molar-refractivity contribution in [1.82, 2.24) is 0 Å². The van der Waals surface area contributed by atoms with Crippen molar-refractivity contribution in [2.75, 3.05) is 13.9 Å². The summed E-state index contributed by atoms with van der Waals surface area (Å²) in [7, 11) is 1.31. The number of hydrogen-bond donors (Lipinski definition) is 0. The van der Waals surface area contributed by atoms with Crippen LogP contribution < -0.4 is 9.47 Å². The van der Waals surface area contributed by atoms with E-state index < -0.39 is 11.9 Å². The summed E-state index contributed by atoms with van der Waals surface area (Å²) in [5.74, 6) is -0.0377. The molecule has 1 aliphatic rings. The van der Waals surface area contributed by atoms with Crippen LogP contribution in [-0.2, 0) is 9.53 Å². The van der Waals surface area contributed by atoms with Gasteiger partial charge in [0.15, 0.2) is 17.3 Å². The van der Waals surface area contributed by atoms with Gasteiger partial charge in [-0.25, -0.2) is 0 Å². The topological polar surface area (TPSA) is 61.8 Å². The van der Waals surface area contributed by atoms with Crippen molar-refractivity contribution in [2.45, 2.75) is 12.3 Å². The second kappa shape index (κ2) is 6.52. The Bertz CT molecular complexity index is 723. The Labute approximate surface area is 133 Å². The summed E-state index contributed by atoms with van der Waals surface area (Å²) in [6, 6.07) is 14.1. The molecule has 3 rings (SSSR count). The molecular formula is C18H16O5. The molecule has 0 N–H and O–H groups in total. The number of ketones is 1. The minimum Gasteiger partial charge on any atom is -0.469 e. The van der Waals surface area contributed by atoms with Gasteiger partial charge in [0, 0.05) is 12.0 Å². The van der Waals surface area contributed by atoms with E-state index >= 15 is 0 Å². The maximum Gasteiger partial charge on any atom is 0.313 e. The molecule has 0 radical (unpaired) electrons. The van der Waals surface area contributed by atoms with Crippen LogP contribution in [0.1, 0.15) is 28.3 Å². The Kier molecular flexibility index (Phi) is 4.28. The highest BCUT2D eigenvalue weighted by Gasteiger charge is 2.27. The fraction of sp³-hybridized carbons (Fsp3) is 0.222. The zero-order valence-corrected chi connectivity index (χ0v) is 12.7. The van der Waals surface area contributed by atoms with Gasteiger partial charge < -0.3 is 14.2 Å². The van der Waals surface area contributed by atoms with Crippen LogP contribution in [0, 0.1) is 0 Å². The standard InChI is InChI=1S/C18H16O5/c1-21-18(20)14(10-15(19)12-5-3-2-4-6-12)13-7-8-16-17(9-13)23-11-22-16/h2-9,14H,10-11H2,1H3/t14-/m1/s1. The van der Waals surface area contributed by atoms with Crippen molar-refractivity contribution >= 4 is 11.8 Å². The predicted octanol–water partition coefficient (Wildman–Crippen LogP) is 2.94. The molecule has 0 saturated carbocycles. The number of benzene rings is 2. The minimum atomic E-state index is -0.679. The molecule has 0 saturated heterocycles. The van der Waals surface area contributed by atoms with E-state index in [4.69, 9.17) is 14.2 Å². The highest BCUT2D eigenvalue weighted by atomic mass is 16.7. The van der Waals surface area contributed by atoms with Gasteiger partial charge in [0.1, 0.15) is 0 Å². The first kappa shape index (κ1) is 15.1. The van der Waals surface area contributed by atoms with Crippen LogP contribution in [0.2, 0.25) is 0 Å². The highest BCUT2D eigenvalue weighted by molar-refractivity contribution is 5.99. The fourth-order valence-corrected chi connectivity index (χ4v) is 2.54. The van der Waals surface area contributed by atoms with Gasteiger partial charge in [-0.3, -0.25) is 9.59 Å². The molecule has 5 nitrogen and oxygen atoms in total. The minimum absolute atomic E-state index is 0.0380. The molecule has 0 unspecified atom stereocenters. The molecule has 23 heavy (non-hydrogen) atoms. The predicted molar refractivity (Wildman–Crippen MR) is 82.7 cm³/mol. The first-order valence-corrected chi connectivity index (χ1v) is 7.24. The van der Waals surface area contributed by atoms with Gasteiger partial charge in [-0.1, -0.05) is 36.4 Å². The Morgan fingerprint density at radius 3 is 2.57 bits per heavy atom. The van der Waals surface area contributed by atoms with Crippen LogP contribution in [0.25, 0.3) is 0 Å². The lowest BCUT2D eigenvalue weighted by Gasteiger charge is -2.15. The summed E-state index contributed by atoms with van der Waals surface area (Å²) in [6.07, 6.45) is 0.0380. The number of hydrogen-bond acceptors (Lipinski definition) is 5. The number of ether oxygens (including phenoxy) is 3. The third kappa shape index (κ3) is 3.18. The van der Waals surface area contributed by atoms with Crippen molar-refractivity contribution in [1.29, 1.82) is 0 Å². The number of esters is 1. The largest absolute Gasteiger partial charge is 0.469 e. The van der Waals surface area contributed by atoms with Crippen LogP contribution in [0.5, 0.6) is 11.5 Å². The monoisotopic (exact) mass is 312 g/mol. The van der Waals surface area contributed by atoms with E-state index in [0.717, 1.165) is 0 Å². The van der Waals surface area contributed by atoms with E-state index in [1.54, 1.807) is 42.5 Å². The number of Topliss-reactive ketones (excluding diaryl/α,β-unsaturated/α-hetero) is 1. The van der Waals surface area contributed by atoms with Crippen LogP contribution in [0.4, 0.5) is 0 Å². The molecule has 1 aliphatic heterocycles. The molecule has 0 bridgehead atoms. The van der Waals surface area contributed by atoms with Crippen LogP contribution >= 0.6 is 0 Å². The number of rotatable bonds is 5. The number of methoxy groups -OCH3 is 1. The lowest BCUT2D eigenvalue weighted by Crippen LogP contribution is -2.18. The third-order valence-electron chi connectivity index (χ3n) is 3.77. The van der Waals surface area contributed by atoms with Crippen molar-refractivity contribution in [3.05, 3.63) is 59.7 Å². The second-order valence-electron chi connectivity index (χ2n) is 5.18. The summed E-state index contributed by atoms with van der Waals surface area (Å²) in [5.41, 5.74) is 1.24. The Morgan fingerprint density at radius 1 is 1.09 bits per heavy atom. The molecular weight excluding hydrogens is 296 g/mol. The molecule has 118 valence electrons. The first-order valence-electron chi connectivity index (χ1n) is 7.24. The Morgan fingerprint density at radius 2 is 1.83 bits per heavy atom. The molecule has 0 aromatic heterocycles. The van der Waals surface area contributed by atoms with Crippen molar-refractivity contribution in [2.24, 2.45) is 0 Å². The van der Waals surface area contributed by atoms with Gasteiger partial charge in [0.25, 0.3) is 0 Å². The summed E-state index contributed by atoms with van der Waals surface area (Å²) < 4.78 is 15.5.